The number of rotatable bonds is 3. The van der Waals surface area contributed by atoms with Gasteiger partial charge in [0.1, 0.15) is 0 Å². The third kappa shape index (κ3) is 3.22. The van der Waals surface area contributed by atoms with Crippen LogP contribution in [0.1, 0.15) is 32.2 Å². The Bertz CT molecular complexity index is 1380. The van der Waals surface area contributed by atoms with E-state index in [1.165, 1.54) is 20.2 Å². The fourth-order valence-corrected chi connectivity index (χ4v) is 4.95. The van der Waals surface area contributed by atoms with Gasteiger partial charge in [-0.1, -0.05) is 50.2 Å². The maximum absolute atomic E-state index is 8.37. The molecule has 0 aliphatic carbocycles. The molecule has 0 atom stereocenters. The molecule has 5 aromatic rings. The minimum absolute atomic E-state index is 0.651. The number of nitrogens with zero attached hydrogens (tertiary/aromatic N) is 2. The van der Waals surface area contributed by atoms with E-state index in [9.17, 15) is 0 Å². The lowest BCUT2D eigenvalue weighted by atomic mass is 10.0. The molecule has 0 saturated carbocycles. The Labute approximate surface area is 176 Å². The lowest BCUT2D eigenvalue weighted by molar-refractivity contribution is 0.864. The quantitative estimate of drug-likeness (QED) is 0.314. The van der Waals surface area contributed by atoms with Crippen LogP contribution in [0.3, 0.4) is 0 Å². The molecule has 142 valence electrons. The highest BCUT2D eigenvalue weighted by atomic mass is 32.1. The van der Waals surface area contributed by atoms with E-state index >= 15 is 0 Å². The highest BCUT2D eigenvalue weighted by Crippen LogP contribution is 2.40. The standard InChI is InChI=1S/C26H22N2S/c1-16(2)18-11-12-27-24(13-18)22-6-4-5-21-20-9-8-19(14-25(20)29-26(21)22)23-10-7-17(3)15-28-23/h4-16H,1-3H3/i16D. The highest BCUT2D eigenvalue weighted by molar-refractivity contribution is 7.26. The van der Waals surface area contributed by atoms with E-state index in [4.69, 9.17) is 1.37 Å². The van der Waals surface area contributed by atoms with Crippen LogP contribution >= 0.6 is 11.3 Å². The van der Waals surface area contributed by atoms with E-state index in [1.807, 2.05) is 38.4 Å². The molecule has 5 rings (SSSR count). The normalized spacial score (nSPS) is 12.4. The zero-order chi connectivity index (χ0) is 20.9. The monoisotopic (exact) mass is 395 g/mol. The number of fused-ring (bicyclic) bond motifs is 3. The van der Waals surface area contributed by atoms with Crippen LogP contribution in [-0.4, -0.2) is 9.97 Å². The van der Waals surface area contributed by atoms with Crippen molar-refractivity contribution in [3.63, 3.8) is 0 Å². The topological polar surface area (TPSA) is 25.8 Å². The van der Waals surface area contributed by atoms with Gasteiger partial charge in [0, 0.05) is 45.1 Å². The SMILES string of the molecule is [2H]C(C)(C)c1ccnc(-c2cccc3c2sc2cc(-c4ccc(C)cn4)ccc23)c1. The summed E-state index contributed by atoms with van der Waals surface area (Å²) in [5.74, 6) is -0.651. The van der Waals surface area contributed by atoms with E-state index < -0.39 is 5.89 Å². The van der Waals surface area contributed by atoms with Gasteiger partial charge in [0.25, 0.3) is 0 Å². The summed E-state index contributed by atoms with van der Waals surface area (Å²) in [7, 11) is 0. The van der Waals surface area contributed by atoms with Gasteiger partial charge < -0.3 is 0 Å². The molecule has 3 aromatic heterocycles. The van der Waals surface area contributed by atoms with Gasteiger partial charge in [-0.15, -0.1) is 11.3 Å². The van der Waals surface area contributed by atoms with Gasteiger partial charge >= 0.3 is 0 Å². The fraction of sp³-hybridized carbons (Fsp3) is 0.154. The zero-order valence-electron chi connectivity index (χ0n) is 17.7. The van der Waals surface area contributed by atoms with Gasteiger partial charge in [-0.2, -0.15) is 0 Å². The zero-order valence-corrected chi connectivity index (χ0v) is 17.5. The van der Waals surface area contributed by atoms with Crippen molar-refractivity contribution in [2.45, 2.75) is 26.7 Å². The maximum atomic E-state index is 8.37. The smallest absolute Gasteiger partial charge is 0.0719 e. The molecule has 0 fully saturated rings. The lowest BCUT2D eigenvalue weighted by Gasteiger charge is -2.08. The van der Waals surface area contributed by atoms with Gasteiger partial charge in [0.05, 0.1) is 11.4 Å². The summed E-state index contributed by atoms with van der Waals surface area (Å²) in [5.41, 5.74) is 6.30. The van der Waals surface area contributed by atoms with E-state index in [2.05, 4.69) is 65.4 Å². The van der Waals surface area contributed by atoms with Gasteiger partial charge in [-0.25, -0.2) is 0 Å². The van der Waals surface area contributed by atoms with Crippen molar-refractivity contribution in [2.75, 3.05) is 0 Å². The second-order valence-electron chi connectivity index (χ2n) is 7.65. The van der Waals surface area contributed by atoms with Crippen molar-refractivity contribution in [3.8, 4) is 22.5 Å². The first-order chi connectivity index (χ1) is 14.4. The molecule has 2 aromatic carbocycles. The number of aryl methyl sites for hydroxylation is 1. The Morgan fingerprint density at radius 1 is 0.897 bits per heavy atom. The van der Waals surface area contributed by atoms with Crippen LogP contribution in [0.4, 0.5) is 0 Å². The van der Waals surface area contributed by atoms with Crippen molar-refractivity contribution in [1.29, 1.82) is 0 Å². The Morgan fingerprint density at radius 2 is 1.79 bits per heavy atom. The van der Waals surface area contributed by atoms with Gasteiger partial charge in [-0.05, 0) is 48.2 Å². The second-order valence-corrected chi connectivity index (χ2v) is 8.70. The number of pyridine rings is 2. The Hall–Kier alpha value is -3.04. The van der Waals surface area contributed by atoms with Crippen LogP contribution < -0.4 is 0 Å². The largest absolute Gasteiger partial charge is 0.256 e. The summed E-state index contributed by atoms with van der Waals surface area (Å²) in [6.07, 6.45) is 3.73. The van der Waals surface area contributed by atoms with Gasteiger partial charge in [0.15, 0.2) is 0 Å². The van der Waals surface area contributed by atoms with E-state index in [1.54, 1.807) is 11.3 Å². The molecule has 3 heteroatoms. The lowest BCUT2D eigenvalue weighted by Crippen LogP contribution is -1.90. The molecule has 0 spiro atoms. The third-order valence-electron chi connectivity index (χ3n) is 5.32. The predicted octanol–water partition coefficient (Wildman–Crippen LogP) is 7.61. The summed E-state index contributed by atoms with van der Waals surface area (Å²) in [4.78, 5) is 9.21. The van der Waals surface area contributed by atoms with Crippen molar-refractivity contribution in [2.24, 2.45) is 0 Å². The van der Waals surface area contributed by atoms with Crippen LogP contribution in [0.5, 0.6) is 0 Å². The van der Waals surface area contributed by atoms with E-state index in [0.29, 0.717) is 0 Å². The summed E-state index contributed by atoms with van der Waals surface area (Å²) in [6.45, 7) is 5.87. The molecular weight excluding hydrogens is 372 g/mol. The molecule has 29 heavy (non-hydrogen) atoms. The molecule has 0 saturated heterocycles. The average Bonchev–Trinajstić information content (AvgIpc) is 3.11. The summed E-state index contributed by atoms with van der Waals surface area (Å²) in [6, 6.07) is 21.2. The summed E-state index contributed by atoms with van der Waals surface area (Å²) in [5, 5.41) is 2.50. The van der Waals surface area contributed by atoms with Gasteiger partial charge in [-0.3, -0.25) is 9.97 Å². The molecule has 0 aliphatic heterocycles. The summed E-state index contributed by atoms with van der Waals surface area (Å²) >= 11 is 1.79. The fourth-order valence-electron chi connectivity index (χ4n) is 3.69. The first-order valence-corrected chi connectivity index (χ1v) is 10.6. The Balaban J connectivity index is 1.68. The first-order valence-electron chi connectivity index (χ1n) is 10.3. The molecule has 0 bridgehead atoms. The average molecular weight is 396 g/mol. The maximum Gasteiger partial charge on any atom is 0.0719 e. The number of hydrogen-bond acceptors (Lipinski definition) is 3. The molecule has 3 heterocycles. The highest BCUT2D eigenvalue weighted by Gasteiger charge is 2.13. The minimum atomic E-state index is -0.651. The molecule has 0 amide bonds. The summed E-state index contributed by atoms with van der Waals surface area (Å²) < 4.78 is 10.8. The van der Waals surface area contributed by atoms with Crippen LogP contribution in [0.15, 0.2) is 73.1 Å². The molecule has 0 radical (unpaired) electrons. The predicted molar refractivity (Wildman–Crippen MR) is 125 cm³/mol. The van der Waals surface area contributed by atoms with Crippen LogP contribution in [-0.2, 0) is 0 Å². The van der Waals surface area contributed by atoms with E-state index in [0.717, 1.165) is 33.6 Å². The molecule has 0 aliphatic rings. The molecule has 0 N–H and O–H groups in total. The molecule has 0 unspecified atom stereocenters. The van der Waals surface area contributed by atoms with Crippen LogP contribution in [0.25, 0.3) is 42.7 Å². The number of thiophene rings is 1. The Morgan fingerprint density at radius 3 is 2.59 bits per heavy atom. The van der Waals surface area contributed by atoms with Crippen LogP contribution in [0, 0.1) is 6.92 Å². The van der Waals surface area contributed by atoms with E-state index in [-0.39, 0.29) is 0 Å². The van der Waals surface area contributed by atoms with Crippen molar-refractivity contribution in [1.82, 2.24) is 9.97 Å². The van der Waals surface area contributed by atoms with Gasteiger partial charge in [0.2, 0.25) is 0 Å². The minimum Gasteiger partial charge on any atom is -0.256 e. The second kappa shape index (κ2) is 7.09. The van der Waals surface area contributed by atoms with Crippen molar-refractivity contribution < 1.29 is 1.37 Å². The van der Waals surface area contributed by atoms with Crippen molar-refractivity contribution >= 4 is 31.5 Å². The molecule has 2 nitrogen and oxygen atoms in total. The molecular formula is C26H22N2S. The van der Waals surface area contributed by atoms with Crippen LogP contribution in [0.2, 0.25) is 0 Å². The number of aromatic nitrogens is 2. The first kappa shape index (κ1) is 16.9. The van der Waals surface area contributed by atoms with Crippen molar-refractivity contribution in [3.05, 3.63) is 84.2 Å². The third-order valence-corrected chi connectivity index (χ3v) is 6.52. The number of benzene rings is 2. The number of hydrogen-bond donors (Lipinski definition) is 0. The Kier molecular flexibility index (Phi) is 4.12.